The molecule has 2 N–H and O–H groups in total. The number of carbonyl (C=O) groups is 1. The lowest BCUT2D eigenvalue weighted by atomic mass is 10.0. The van der Waals surface area contributed by atoms with Gasteiger partial charge in [0.05, 0.1) is 17.6 Å². The predicted molar refractivity (Wildman–Crippen MR) is 97.7 cm³/mol. The zero-order valence-corrected chi connectivity index (χ0v) is 15.2. The molecular weight excluding hydrogens is 359 g/mol. The van der Waals surface area contributed by atoms with Gasteiger partial charge in [0, 0.05) is 18.5 Å². The lowest BCUT2D eigenvalue weighted by Crippen LogP contribution is -2.29. The van der Waals surface area contributed by atoms with E-state index < -0.39 is 0 Å². The van der Waals surface area contributed by atoms with E-state index in [1.807, 2.05) is 25.2 Å². The third-order valence-electron chi connectivity index (χ3n) is 3.93. The van der Waals surface area contributed by atoms with Crippen LogP contribution in [-0.4, -0.2) is 40.9 Å². The third kappa shape index (κ3) is 4.98. The molecule has 0 bridgehead atoms. The number of benzene rings is 1. The number of hydrogen-bond donors (Lipinski definition) is 2. The first-order chi connectivity index (χ1) is 10.1. The normalized spacial score (nSPS) is 16.7. The number of hydrogen-bond acceptors (Lipinski definition) is 3. The lowest BCUT2D eigenvalue weighted by molar-refractivity contribution is -0.131. The average molecular weight is 380 g/mol. The highest BCUT2D eigenvalue weighted by atomic mass is 35.5. The van der Waals surface area contributed by atoms with Crippen LogP contribution in [0.5, 0.6) is 0 Å². The molecule has 0 spiro atoms. The zero-order valence-electron chi connectivity index (χ0n) is 12.8. The number of aromatic nitrogens is 2. The van der Waals surface area contributed by atoms with Crippen molar-refractivity contribution in [2.75, 3.05) is 20.1 Å². The fraction of sp³-hybridized carbons (Fsp3) is 0.467. The molecule has 1 aromatic heterocycles. The van der Waals surface area contributed by atoms with E-state index in [0.717, 1.165) is 36.4 Å². The summed E-state index contributed by atoms with van der Waals surface area (Å²) in [6.45, 7) is 2.46. The summed E-state index contributed by atoms with van der Waals surface area (Å²) < 4.78 is 0. The van der Waals surface area contributed by atoms with Crippen molar-refractivity contribution >= 4 is 53.4 Å². The number of H-pyrrole nitrogens is 1. The first-order valence-electron chi connectivity index (χ1n) is 7.20. The first kappa shape index (κ1) is 20.0. The maximum atomic E-state index is 12.2. The van der Waals surface area contributed by atoms with Gasteiger partial charge < -0.3 is 15.2 Å². The first-order valence-corrected chi connectivity index (χ1v) is 7.58. The second-order valence-electron chi connectivity index (χ2n) is 5.66. The summed E-state index contributed by atoms with van der Waals surface area (Å²) in [6, 6.07) is 5.54. The molecule has 3 rings (SSSR count). The van der Waals surface area contributed by atoms with Crippen LogP contribution in [0.1, 0.15) is 18.7 Å². The van der Waals surface area contributed by atoms with Gasteiger partial charge in [0.1, 0.15) is 5.82 Å². The van der Waals surface area contributed by atoms with E-state index in [9.17, 15) is 4.79 Å². The van der Waals surface area contributed by atoms with Crippen molar-refractivity contribution < 1.29 is 4.79 Å². The second kappa shape index (κ2) is 8.73. The van der Waals surface area contributed by atoms with Crippen LogP contribution in [0.2, 0.25) is 5.02 Å². The number of halogens is 3. The number of aromatic amines is 1. The molecule has 2 heterocycles. The van der Waals surface area contributed by atoms with Crippen molar-refractivity contribution in [2.45, 2.75) is 19.4 Å². The Morgan fingerprint density at radius 2 is 2.22 bits per heavy atom. The molecule has 1 atom stereocenters. The number of nitrogens with zero attached hydrogens (tertiary/aromatic N) is 2. The van der Waals surface area contributed by atoms with Gasteiger partial charge in [-0.1, -0.05) is 11.6 Å². The Morgan fingerprint density at radius 1 is 1.43 bits per heavy atom. The van der Waals surface area contributed by atoms with Crippen molar-refractivity contribution in [2.24, 2.45) is 5.92 Å². The maximum Gasteiger partial charge on any atom is 0.223 e. The fourth-order valence-electron chi connectivity index (χ4n) is 2.71. The summed E-state index contributed by atoms with van der Waals surface area (Å²) in [5.74, 6) is 1.42. The summed E-state index contributed by atoms with van der Waals surface area (Å²) in [6.07, 6.45) is 1.69. The highest BCUT2D eigenvalue weighted by molar-refractivity contribution is 6.31. The number of nitrogens with one attached hydrogen (secondary N) is 2. The van der Waals surface area contributed by atoms with E-state index in [2.05, 4.69) is 15.3 Å². The van der Waals surface area contributed by atoms with Crippen LogP contribution in [0.15, 0.2) is 18.2 Å². The predicted octanol–water partition coefficient (Wildman–Crippen LogP) is 3.02. The third-order valence-corrected chi connectivity index (χ3v) is 4.17. The van der Waals surface area contributed by atoms with Crippen LogP contribution in [0, 0.1) is 5.92 Å². The van der Waals surface area contributed by atoms with E-state index in [0.29, 0.717) is 23.9 Å². The molecule has 1 aliphatic rings. The molecule has 23 heavy (non-hydrogen) atoms. The van der Waals surface area contributed by atoms with Crippen molar-refractivity contribution in [3.63, 3.8) is 0 Å². The smallest absolute Gasteiger partial charge is 0.223 e. The van der Waals surface area contributed by atoms with Gasteiger partial charge in [0.25, 0.3) is 0 Å². The molecule has 1 saturated heterocycles. The largest absolute Gasteiger partial charge is 0.340 e. The SMILES string of the molecule is CN(Cc1nc2ccc(Cl)cc2[nH]1)C(=O)CC1CCNC1.Cl.Cl. The summed E-state index contributed by atoms with van der Waals surface area (Å²) >= 11 is 5.96. The van der Waals surface area contributed by atoms with Crippen LogP contribution in [0.4, 0.5) is 0 Å². The summed E-state index contributed by atoms with van der Waals surface area (Å²) in [5.41, 5.74) is 1.77. The highest BCUT2D eigenvalue weighted by Crippen LogP contribution is 2.18. The standard InChI is InChI=1S/C15H19ClN4O.2ClH/c1-20(15(21)6-10-4-5-17-8-10)9-14-18-12-3-2-11(16)7-13(12)19-14;;/h2-3,7,10,17H,4-6,8-9H2,1H3,(H,18,19);2*1H. The van der Waals surface area contributed by atoms with Crippen molar-refractivity contribution in [3.8, 4) is 0 Å². The molecule has 0 saturated carbocycles. The van der Waals surface area contributed by atoms with Gasteiger partial charge in [-0.2, -0.15) is 0 Å². The Morgan fingerprint density at radius 3 is 2.91 bits per heavy atom. The van der Waals surface area contributed by atoms with E-state index in [-0.39, 0.29) is 30.7 Å². The molecule has 1 unspecified atom stereocenters. The van der Waals surface area contributed by atoms with Crippen LogP contribution < -0.4 is 5.32 Å². The maximum absolute atomic E-state index is 12.2. The minimum absolute atomic E-state index is 0. The number of fused-ring (bicyclic) bond motifs is 1. The monoisotopic (exact) mass is 378 g/mol. The van der Waals surface area contributed by atoms with Gasteiger partial charge in [0.2, 0.25) is 5.91 Å². The molecule has 0 aliphatic carbocycles. The van der Waals surface area contributed by atoms with Crippen molar-refractivity contribution in [1.82, 2.24) is 20.2 Å². The minimum Gasteiger partial charge on any atom is -0.340 e. The quantitative estimate of drug-likeness (QED) is 0.858. The second-order valence-corrected chi connectivity index (χ2v) is 6.09. The molecular formula is C15H21Cl3N4O. The Bertz CT molecular complexity index is 655. The Kier molecular flexibility index (Phi) is 7.61. The summed E-state index contributed by atoms with van der Waals surface area (Å²) in [4.78, 5) is 21.6. The number of imidazole rings is 1. The van der Waals surface area contributed by atoms with Crippen LogP contribution in [0.25, 0.3) is 11.0 Å². The minimum atomic E-state index is 0. The van der Waals surface area contributed by atoms with Crippen LogP contribution in [0.3, 0.4) is 0 Å². The Hall–Kier alpha value is -1.01. The van der Waals surface area contributed by atoms with Gasteiger partial charge in [-0.25, -0.2) is 4.98 Å². The number of amides is 1. The van der Waals surface area contributed by atoms with E-state index in [4.69, 9.17) is 11.6 Å². The molecule has 8 heteroatoms. The molecule has 1 amide bonds. The van der Waals surface area contributed by atoms with Gasteiger partial charge in [-0.05, 0) is 43.6 Å². The molecule has 1 fully saturated rings. The lowest BCUT2D eigenvalue weighted by Gasteiger charge is -2.17. The van der Waals surface area contributed by atoms with Gasteiger partial charge in [-0.3, -0.25) is 4.79 Å². The van der Waals surface area contributed by atoms with Gasteiger partial charge in [-0.15, -0.1) is 24.8 Å². The van der Waals surface area contributed by atoms with E-state index in [1.54, 1.807) is 4.90 Å². The van der Waals surface area contributed by atoms with E-state index >= 15 is 0 Å². The molecule has 5 nitrogen and oxygen atoms in total. The summed E-state index contributed by atoms with van der Waals surface area (Å²) in [5, 5.41) is 3.96. The highest BCUT2D eigenvalue weighted by Gasteiger charge is 2.20. The molecule has 1 aliphatic heterocycles. The zero-order chi connectivity index (χ0) is 14.8. The van der Waals surface area contributed by atoms with E-state index in [1.165, 1.54) is 0 Å². The molecule has 0 radical (unpaired) electrons. The Balaban J connectivity index is 0.00000132. The van der Waals surface area contributed by atoms with Crippen molar-refractivity contribution in [3.05, 3.63) is 29.0 Å². The summed E-state index contributed by atoms with van der Waals surface area (Å²) in [7, 11) is 1.82. The fourth-order valence-corrected chi connectivity index (χ4v) is 2.89. The number of rotatable bonds is 4. The number of carbonyl (C=O) groups excluding carboxylic acids is 1. The van der Waals surface area contributed by atoms with Crippen LogP contribution >= 0.6 is 36.4 Å². The molecule has 1 aromatic carbocycles. The molecule has 2 aromatic rings. The Labute approximate surface area is 153 Å². The van der Waals surface area contributed by atoms with Crippen LogP contribution in [-0.2, 0) is 11.3 Å². The average Bonchev–Trinajstić information content (AvgIpc) is 3.07. The van der Waals surface area contributed by atoms with Gasteiger partial charge in [0.15, 0.2) is 0 Å². The van der Waals surface area contributed by atoms with Gasteiger partial charge >= 0.3 is 0 Å². The molecule has 128 valence electrons. The van der Waals surface area contributed by atoms with Crippen molar-refractivity contribution in [1.29, 1.82) is 0 Å². The topological polar surface area (TPSA) is 61.0 Å².